The van der Waals surface area contributed by atoms with Crippen LogP contribution in [0.4, 0.5) is 5.82 Å². The molecule has 2 N–H and O–H groups in total. The summed E-state index contributed by atoms with van der Waals surface area (Å²) in [7, 11) is 3.42. The summed E-state index contributed by atoms with van der Waals surface area (Å²) < 4.78 is 1.30. The van der Waals surface area contributed by atoms with Gasteiger partial charge in [-0.3, -0.25) is 4.79 Å². The first-order valence-corrected chi connectivity index (χ1v) is 5.45. The lowest BCUT2D eigenvalue weighted by Gasteiger charge is -2.10. The second-order valence-corrected chi connectivity index (χ2v) is 4.00. The van der Waals surface area contributed by atoms with Crippen LogP contribution in [0.5, 0.6) is 0 Å². The number of rotatable bonds is 4. The number of carbonyl (C=O) groups is 1. The Morgan fingerprint density at radius 3 is 3.06 bits per heavy atom. The van der Waals surface area contributed by atoms with E-state index in [1.54, 1.807) is 20.2 Å². The summed E-state index contributed by atoms with van der Waals surface area (Å²) in [4.78, 5) is 28.1. The molecule has 1 amide bonds. The van der Waals surface area contributed by atoms with Crippen molar-refractivity contribution < 1.29 is 4.79 Å². The van der Waals surface area contributed by atoms with Crippen LogP contribution in [0.15, 0.2) is 17.2 Å². The second kappa shape index (κ2) is 4.86. The Balaban J connectivity index is 2.00. The minimum Gasteiger partial charge on any atom is -0.369 e. The van der Waals surface area contributed by atoms with Crippen molar-refractivity contribution in [2.45, 2.75) is 6.42 Å². The van der Waals surface area contributed by atoms with Gasteiger partial charge in [-0.15, -0.1) is 0 Å². The van der Waals surface area contributed by atoms with Gasteiger partial charge in [-0.1, -0.05) is 0 Å². The molecule has 0 aliphatic carbocycles. The van der Waals surface area contributed by atoms with E-state index in [1.165, 1.54) is 15.6 Å². The number of nitrogens with zero attached hydrogens (tertiary/aromatic N) is 4. The molecule has 0 spiro atoms. The molecule has 2 aromatic rings. The van der Waals surface area contributed by atoms with Gasteiger partial charge in [0, 0.05) is 33.1 Å². The molecule has 0 aliphatic heterocycles. The van der Waals surface area contributed by atoms with Gasteiger partial charge in [-0.25, -0.2) is 19.3 Å². The molecular weight excluding hydrogens is 236 g/mol. The normalized spacial score (nSPS) is 10.6. The van der Waals surface area contributed by atoms with E-state index >= 15 is 0 Å². The van der Waals surface area contributed by atoms with Gasteiger partial charge < -0.3 is 10.2 Å². The lowest BCUT2D eigenvalue weighted by atomic mass is 10.4. The fraction of sp³-hybridized carbons (Fsp3) is 0.400. The van der Waals surface area contributed by atoms with E-state index in [1.807, 2.05) is 0 Å². The zero-order chi connectivity index (χ0) is 13.1. The van der Waals surface area contributed by atoms with E-state index in [0.717, 1.165) is 0 Å². The van der Waals surface area contributed by atoms with Gasteiger partial charge in [0.15, 0.2) is 5.65 Å². The SMILES string of the molecule is CN(C)C(=O)CCNc1cc2n[nH]c(=O)n2cn1. The largest absolute Gasteiger partial charge is 0.369 e. The van der Waals surface area contributed by atoms with Crippen LogP contribution < -0.4 is 11.0 Å². The summed E-state index contributed by atoms with van der Waals surface area (Å²) in [5.41, 5.74) is 0.156. The number of hydrogen-bond donors (Lipinski definition) is 2. The molecule has 2 rings (SSSR count). The van der Waals surface area contributed by atoms with Gasteiger partial charge in [-0.2, -0.15) is 5.10 Å². The topological polar surface area (TPSA) is 95.4 Å². The first-order chi connectivity index (χ1) is 8.58. The maximum atomic E-state index is 11.4. The molecule has 2 heterocycles. The average Bonchev–Trinajstić information content (AvgIpc) is 2.70. The highest BCUT2D eigenvalue weighted by Crippen LogP contribution is 2.04. The number of H-pyrrole nitrogens is 1. The van der Waals surface area contributed by atoms with Gasteiger partial charge >= 0.3 is 5.69 Å². The second-order valence-electron chi connectivity index (χ2n) is 4.00. The maximum absolute atomic E-state index is 11.4. The predicted molar refractivity (Wildman–Crippen MR) is 65.4 cm³/mol. The first-order valence-electron chi connectivity index (χ1n) is 5.45. The quantitative estimate of drug-likeness (QED) is 0.748. The molecule has 96 valence electrons. The van der Waals surface area contributed by atoms with Crippen LogP contribution in [-0.2, 0) is 4.79 Å². The van der Waals surface area contributed by atoms with Crippen LogP contribution in [0.3, 0.4) is 0 Å². The van der Waals surface area contributed by atoms with Gasteiger partial charge in [0.25, 0.3) is 0 Å². The number of aromatic nitrogens is 4. The third-order valence-electron chi connectivity index (χ3n) is 2.45. The summed E-state index contributed by atoms with van der Waals surface area (Å²) in [5, 5.41) is 9.15. The van der Waals surface area contributed by atoms with Crippen molar-refractivity contribution in [1.29, 1.82) is 0 Å². The van der Waals surface area contributed by atoms with E-state index in [9.17, 15) is 9.59 Å². The van der Waals surface area contributed by atoms with Crippen molar-refractivity contribution >= 4 is 17.4 Å². The fourth-order valence-corrected chi connectivity index (χ4v) is 1.43. The van der Waals surface area contributed by atoms with Crippen molar-refractivity contribution in [2.24, 2.45) is 0 Å². The summed E-state index contributed by atoms with van der Waals surface area (Å²) in [6, 6.07) is 1.64. The van der Waals surface area contributed by atoms with Crippen molar-refractivity contribution in [3.05, 3.63) is 22.9 Å². The van der Waals surface area contributed by atoms with Crippen molar-refractivity contribution in [2.75, 3.05) is 26.0 Å². The molecule has 0 saturated carbocycles. The highest BCUT2D eigenvalue weighted by atomic mass is 16.2. The number of nitrogens with one attached hydrogen (secondary N) is 2. The molecule has 0 saturated heterocycles. The van der Waals surface area contributed by atoms with Gasteiger partial charge in [0.05, 0.1) is 0 Å². The van der Waals surface area contributed by atoms with Crippen LogP contribution >= 0.6 is 0 Å². The van der Waals surface area contributed by atoms with E-state index in [4.69, 9.17) is 0 Å². The van der Waals surface area contributed by atoms with Crippen LogP contribution in [-0.4, -0.2) is 51.0 Å². The van der Waals surface area contributed by atoms with E-state index in [2.05, 4.69) is 20.5 Å². The number of fused-ring (bicyclic) bond motifs is 1. The van der Waals surface area contributed by atoms with E-state index < -0.39 is 0 Å². The Morgan fingerprint density at radius 2 is 2.33 bits per heavy atom. The van der Waals surface area contributed by atoms with Gasteiger partial charge in [0.2, 0.25) is 5.91 Å². The number of anilines is 1. The van der Waals surface area contributed by atoms with E-state index in [0.29, 0.717) is 24.4 Å². The monoisotopic (exact) mass is 250 g/mol. The smallest absolute Gasteiger partial charge is 0.348 e. The Morgan fingerprint density at radius 1 is 1.56 bits per heavy atom. The standard InChI is InChI=1S/C10H14N6O2/c1-15(2)9(17)3-4-11-7-5-8-13-14-10(18)16(8)6-12-7/h5-6,11H,3-4H2,1-2H3,(H,14,18). The molecule has 0 radical (unpaired) electrons. The summed E-state index contributed by atoms with van der Waals surface area (Å²) in [5.74, 6) is 0.618. The Hall–Kier alpha value is -2.38. The van der Waals surface area contributed by atoms with Crippen molar-refractivity contribution in [3.63, 3.8) is 0 Å². The number of carbonyl (C=O) groups excluding carboxylic acids is 1. The Labute approximate surface area is 103 Å². The third kappa shape index (κ3) is 2.47. The molecule has 18 heavy (non-hydrogen) atoms. The van der Waals surface area contributed by atoms with Crippen molar-refractivity contribution in [3.8, 4) is 0 Å². The molecule has 0 bridgehead atoms. The number of amides is 1. The molecule has 2 aromatic heterocycles. The number of aromatic amines is 1. The minimum atomic E-state index is -0.327. The van der Waals surface area contributed by atoms with Crippen LogP contribution in [0.2, 0.25) is 0 Å². The average molecular weight is 250 g/mol. The molecule has 0 fully saturated rings. The predicted octanol–water partition coefficient (Wildman–Crippen LogP) is -0.692. The van der Waals surface area contributed by atoms with Crippen LogP contribution in [0, 0.1) is 0 Å². The van der Waals surface area contributed by atoms with Crippen LogP contribution in [0.1, 0.15) is 6.42 Å². The summed E-state index contributed by atoms with van der Waals surface area (Å²) >= 11 is 0. The highest BCUT2D eigenvalue weighted by Gasteiger charge is 2.05. The first kappa shape index (κ1) is 12.1. The van der Waals surface area contributed by atoms with Crippen molar-refractivity contribution in [1.82, 2.24) is 24.5 Å². The lowest BCUT2D eigenvalue weighted by molar-refractivity contribution is -0.128. The molecule has 0 aliphatic rings. The molecular formula is C10H14N6O2. The maximum Gasteiger partial charge on any atom is 0.348 e. The molecule has 0 aromatic carbocycles. The van der Waals surface area contributed by atoms with Gasteiger partial charge in [-0.05, 0) is 0 Å². The number of hydrogen-bond acceptors (Lipinski definition) is 5. The molecule has 0 atom stereocenters. The zero-order valence-corrected chi connectivity index (χ0v) is 10.2. The van der Waals surface area contributed by atoms with E-state index in [-0.39, 0.29) is 11.6 Å². The Bertz CT molecular complexity index is 614. The zero-order valence-electron chi connectivity index (χ0n) is 10.2. The summed E-state index contributed by atoms with van der Waals surface area (Å²) in [6.45, 7) is 0.481. The molecule has 8 heteroatoms. The molecule has 8 nitrogen and oxygen atoms in total. The Kier molecular flexibility index (Phi) is 3.26. The van der Waals surface area contributed by atoms with Crippen LogP contribution in [0.25, 0.3) is 5.65 Å². The molecule has 0 unspecified atom stereocenters. The lowest BCUT2D eigenvalue weighted by Crippen LogP contribution is -2.24. The van der Waals surface area contributed by atoms with Gasteiger partial charge in [0.1, 0.15) is 12.1 Å². The fourth-order valence-electron chi connectivity index (χ4n) is 1.43. The third-order valence-corrected chi connectivity index (χ3v) is 2.45. The highest BCUT2D eigenvalue weighted by molar-refractivity contribution is 5.76. The minimum absolute atomic E-state index is 0.0413. The summed E-state index contributed by atoms with van der Waals surface area (Å²) in [6.07, 6.45) is 1.77.